The van der Waals surface area contributed by atoms with Crippen molar-refractivity contribution in [3.05, 3.63) is 42.9 Å². The number of thiophene rings is 1. The third-order valence-electron chi connectivity index (χ3n) is 4.82. The third-order valence-corrected chi connectivity index (χ3v) is 5.97. The Morgan fingerprint density at radius 1 is 1.24 bits per heavy atom. The van der Waals surface area contributed by atoms with E-state index in [1.54, 1.807) is 16.2 Å². The average molecular weight is 411 g/mol. The lowest BCUT2D eigenvalue weighted by Gasteiger charge is -2.34. The van der Waals surface area contributed by atoms with Gasteiger partial charge in [-0.2, -0.15) is 0 Å². The van der Waals surface area contributed by atoms with Crippen LogP contribution in [0.3, 0.4) is 0 Å². The van der Waals surface area contributed by atoms with Crippen molar-refractivity contribution < 1.29 is 9.53 Å². The molecule has 6 nitrogen and oxygen atoms in total. The molecule has 1 atom stereocenters. The maximum Gasteiger partial charge on any atom is 0.410 e. The molecule has 1 saturated heterocycles. The smallest absolute Gasteiger partial charge is 0.410 e. The number of ether oxygens (including phenoxy) is 1. The summed E-state index contributed by atoms with van der Waals surface area (Å²) in [5, 5.41) is 4.68. The number of aromatic nitrogens is 2. The van der Waals surface area contributed by atoms with Crippen LogP contribution in [0.4, 0.5) is 10.6 Å². The Balaban J connectivity index is 1.52. The highest BCUT2D eigenvalue weighted by molar-refractivity contribution is 7.22. The van der Waals surface area contributed by atoms with Gasteiger partial charge >= 0.3 is 6.09 Å². The fraction of sp³-hybridized carbons (Fsp3) is 0.409. The predicted molar refractivity (Wildman–Crippen MR) is 117 cm³/mol. The van der Waals surface area contributed by atoms with Crippen molar-refractivity contribution in [1.82, 2.24) is 14.9 Å². The lowest BCUT2D eigenvalue weighted by Crippen LogP contribution is -2.47. The van der Waals surface area contributed by atoms with Crippen LogP contribution in [0, 0.1) is 0 Å². The molecule has 152 valence electrons. The molecule has 1 N–H and O–H groups in total. The average Bonchev–Trinajstić information content (AvgIpc) is 3.13. The molecule has 3 aromatic rings. The first-order chi connectivity index (χ1) is 13.9. The van der Waals surface area contributed by atoms with Crippen LogP contribution in [0.2, 0.25) is 0 Å². The normalized spacial score (nSPS) is 17.3. The number of nitrogens with one attached hydrogen (secondary N) is 1. The number of carbonyl (C=O) groups is 1. The number of hydrogen-bond donors (Lipinski definition) is 1. The van der Waals surface area contributed by atoms with Gasteiger partial charge in [0.2, 0.25) is 0 Å². The van der Waals surface area contributed by atoms with Gasteiger partial charge in [0.15, 0.2) is 0 Å². The van der Waals surface area contributed by atoms with Gasteiger partial charge in [-0.05, 0) is 63.4 Å². The van der Waals surface area contributed by atoms with Crippen LogP contribution < -0.4 is 5.32 Å². The van der Waals surface area contributed by atoms with Crippen molar-refractivity contribution in [3.63, 3.8) is 0 Å². The second-order valence-corrected chi connectivity index (χ2v) is 9.41. The first kappa shape index (κ1) is 19.6. The Bertz CT molecular complexity index is 997. The van der Waals surface area contributed by atoms with Gasteiger partial charge in [-0.25, -0.2) is 9.78 Å². The highest BCUT2D eigenvalue weighted by Crippen LogP contribution is 2.36. The van der Waals surface area contributed by atoms with Gasteiger partial charge in [0.1, 0.15) is 11.4 Å². The molecule has 0 aliphatic carbocycles. The molecule has 3 aromatic heterocycles. The van der Waals surface area contributed by atoms with Gasteiger partial charge in [-0.15, -0.1) is 11.3 Å². The fourth-order valence-electron chi connectivity index (χ4n) is 3.52. The topological polar surface area (TPSA) is 67.3 Å². The van der Waals surface area contributed by atoms with E-state index in [0.717, 1.165) is 36.2 Å². The van der Waals surface area contributed by atoms with E-state index >= 15 is 0 Å². The van der Waals surface area contributed by atoms with E-state index in [1.807, 2.05) is 57.6 Å². The van der Waals surface area contributed by atoms with Gasteiger partial charge in [0.25, 0.3) is 0 Å². The quantitative estimate of drug-likeness (QED) is 0.645. The molecule has 1 aliphatic rings. The lowest BCUT2D eigenvalue weighted by molar-refractivity contribution is 0.0206. The molecule has 1 amide bonds. The van der Waals surface area contributed by atoms with E-state index in [4.69, 9.17) is 4.74 Å². The minimum atomic E-state index is -0.482. The number of nitrogens with zero attached hydrogens (tertiary/aromatic N) is 3. The third kappa shape index (κ3) is 4.67. The van der Waals surface area contributed by atoms with Crippen LogP contribution in [0.15, 0.2) is 42.9 Å². The Labute approximate surface area is 174 Å². The number of carbonyl (C=O) groups excluding carboxylic acids is 1. The molecule has 7 heteroatoms. The first-order valence-electron chi connectivity index (χ1n) is 9.92. The summed E-state index contributed by atoms with van der Waals surface area (Å²) < 4.78 is 6.73. The lowest BCUT2D eigenvalue weighted by atomic mass is 10.1. The number of fused-ring (bicyclic) bond motifs is 1. The van der Waals surface area contributed by atoms with E-state index in [0.29, 0.717) is 6.54 Å². The van der Waals surface area contributed by atoms with Crippen LogP contribution in [0.5, 0.6) is 0 Å². The van der Waals surface area contributed by atoms with Crippen molar-refractivity contribution in [2.24, 2.45) is 0 Å². The first-order valence-corrected chi connectivity index (χ1v) is 10.7. The molecule has 0 aromatic carbocycles. The molecule has 4 rings (SSSR count). The minimum Gasteiger partial charge on any atom is -0.444 e. The summed E-state index contributed by atoms with van der Waals surface area (Å²) in [5.41, 5.74) is 0.672. The molecule has 1 aliphatic heterocycles. The molecule has 29 heavy (non-hydrogen) atoms. The summed E-state index contributed by atoms with van der Waals surface area (Å²) in [6.07, 6.45) is 7.16. The molecular formula is C22H26N4O2S. The van der Waals surface area contributed by atoms with E-state index < -0.39 is 5.60 Å². The number of hydrogen-bond acceptors (Lipinski definition) is 6. The van der Waals surface area contributed by atoms with Crippen LogP contribution in [-0.4, -0.2) is 45.7 Å². The summed E-state index contributed by atoms with van der Waals surface area (Å²) in [7, 11) is 0. The Kier molecular flexibility index (Phi) is 5.41. The Morgan fingerprint density at radius 3 is 2.79 bits per heavy atom. The summed E-state index contributed by atoms with van der Waals surface area (Å²) >= 11 is 1.75. The number of rotatable bonds is 3. The number of likely N-dealkylation sites (tertiary alicyclic amines) is 1. The second-order valence-electron chi connectivity index (χ2n) is 8.33. The van der Waals surface area contributed by atoms with Crippen LogP contribution in [0.1, 0.15) is 33.6 Å². The zero-order chi connectivity index (χ0) is 20.4. The Morgan fingerprint density at radius 2 is 2.03 bits per heavy atom. The molecule has 0 radical (unpaired) electrons. The molecule has 4 heterocycles. The zero-order valence-electron chi connectivity index (χ0n) is 17.0. The van der Waals surface area contributed by atoms with E-state index in [2.05, 4.69) is 21.4 Å². The van der Waals surface area contributed by atoms with Crippen molar-refractivity contribution in [2.45, 2.75) is 45.3 Å². The van der Waals surface area contributed by atoms with E-state index in [1.165, 1.54) is 9.58 Å². The maximum absolute atomic E-state index is 12.4. The number of amides is 1. The minimum absolute atomic E-state index is 0.152. The molecule has 0 unspecified atom stereocenters. The molecule has 0 spiro atoms. The summed E-state index contributed by atoms with van der Waals surface area (Å²) in [6.45, 7) is 7.04. The monoisotopic (exact) mass is 410 g/mol. The van der Waals surface area contributed by atoms with Crippen molar-refractivity contribution in [2.75, 3.05) is 18.4 Å². The van der Waals surface area contributed by atoms with Gasteiger partial charge < -0.3 is 15.0 Å². The van der Waals surface area contributed by atoms with Crippen LogP contribution >= 0.6 is 11.3 Å². The van der Waals surface area contributed by atoms with E-state index in [9.17, 15) is 4.79 Å². The van der Waals surface area contributed by atoms with Crippen molar-refractivity contribution in [1.29, 1.82) is 0 Å². The van der Waals surface area contributed by atoms with Crippen molar-refractivity contribution in [3.8, 4) is 10.4 Å². The molecular weight excluding hydrogens is 384 g/mol. The van der Waals surface area contributed by atoms with Crippen molar-refractivity contribution >= 4 is 33.3 Å². The number of anilines is 1. The Hall–Kier alpha value is -2.67. The van der Waals surface area contributed by atoms with E-state index in [-0.39, 0.29) is 12.1 Å². The SMILES string of the molecule is CC(C)(C)OC(=O)N1CCC[C@@H](Nc2nccc3sc(-c4ccncc4)cc23)C1. The second kappa shape index (κ2) is 7.99. The summed E-state index contributed by atoms with van der Waals surface area (Å²) in [5.74, 6) is 0.870. The number of piperidine rings is 1. The molecule has 0 saturated carbocycles. The van der Waals surface area contributed by atoms with Gasteiger partial charge in [-0.1, -0.05) is 0 Å². The highest BCUT2D eigenvalue weighted by atomic mass is 32.1. The fourth-order valence-corrected chi connectivity index (χ4v) is 4.58. The summed E-state index contributed by atoms with van der Waals surface area (Å²) in [6, 6.07) is 8.41. The zero-order valence-corrected chi connectivity index (χ0v) is 17.8. The van der Waals surface area contributed by atoms with Gasteiger partial charge in [-0.3, -0.25) is 4.98 Å². The van der Waals surface area contributed by atoms with Crippen LogP contribution in [0.25, 0.3) is 20.5 Å². The largest absolute Gasteiger partial charge is 0.444 e. The standard InChI is InChI=1S/C22H26N4O2S/c1-22(2,3)28-21(27)26-12-4-5-16(14-26)25-20-17-13-19(15-6-9-23-10-7-15)29-18(17)8-11-24-20/h6-11,13,16H,4-5,12,14H2,1-3H3,(H,24,25)/t16-/m1/s1. The molecule has 1 fully saturated rings. The predicted octanol–water partition coefficient (Wildman–Crippen LogP) is 5.17. The number of pyridine rings is 2. The van der Waals surface area contributed by atoms with Gasteiger partial charge in [0, 0.05) is 52.7 Å². The maximum atomic E-state index is 12.4. The summed E-state index contributed by atoms with van der Waals surface area (Å²) in [4.78, 5) is 24.1. The van der Waals surface area contributed by atoms with Gasteiger partial charge in [0.05, 0.1) is 0 Å². The highest BCUT2D eigenvalue weighted by Gasteiger charge is 2.28. The van der Waals surface area contributed by atoms with Crippen LogP contribution in [-0.2, 0) is 4.74 Å². The molecule has 0 bridgehead atoms.